The highest BCUT2D eigenvalue weighted by atomic mass is 32.2. The van der Waals surface area contributed by atoms with Crippen LogP contribution in [0.25, 0.3) is 11.2 Å². The highest BCUT2D eigenvalue weighted by Crippen LogP contribution is 2.26. The average Bonchev–Trinajstić information content (AvgIpc) is 3.65. The smallest absolute Gasteiger partial charge is 0.306 e. The van der Waals surface area contributed by atoms with Gasteiger partial charge in [0.15, 0.2) is 17.0 Å². The van der Waals surface area contributed by atoms with E-state index in [1.165, 1.54) is 140 Å². The van der Waals surface area contributed by atoms with Gasteiger partial charge < -0.3 is 36.7 Å². The van der Waals surface area contributed by atoms with E-state index in [1.807, 2.05) is 12.1 Å². The summed E-state index contributed by atoms with van der Waals surface area (Å²) >= 11 is 1.39. The molecule has 1 aromatic carbocycles. The number of nitrogens with zero attached hydrogens (tertiary/aromatic N) is 4. The number of aromatic nitrogens is 4. The van der Waals surface area contributed by atoms with Crippen molar-refractivity contribution in [1.29, 1.82) is 0 Å². The molecule has 2 heterocycles. The lowest BCUT2D eigenvalue weighted by molar-refractivity contribution is -0.157. The van der Waals surface area contributed by atoms with E-state index in [1.54, 1.807) is 16.7 Å². The quantitative estimate of drug-likeness (QED) is 0.0264. The number of rotatable bonds is 43. The van der Waals surface area contributed by atoms with Crippen LogP contribution in [0.4, 0.5) is 17.5 Å². The number of carbonyl (C=O) groups is 3. The number of nitrogens with two attached hydrogens (primary N) is 2. The number of amides is 1. The van der Waals surface area contributed by atoms with Crippen molar-refractivity contribution >= 4 is 58.2 Å². The Hall–Kier alpha value is -4.11. The van der Waals surface area contributed by atoms with Crippen LogP contribution in [0.3, 0.4) is 0 Å². The van der Waals surface area contributed by atoms with Gasteiger partial charge in [0.25, 0.3) is 6.01 Å². The van der Waals surface area contributed by atoms with Crippen LogP contribution < -0.4 is 22.1 Å². The Morgan fingerprint density at radius 2 is 1.14 bits per heavy atom. The first-order chi connectivity index (χ1) is 33.6. The fourth-order valence-electron chi connectivity index (χ4n) is 8.32. The number of imidazole rings is 1. The van der Waals surface area contributed by atoms with Crippen LogP contribution in [0.5, 0.6) is 6.01 Å². The Balaban J connectivity index is 1.42. The van der Waals surface area contributed by atoms with E-state index < -0.39 is 12.1 Å². The van der Waals surface area contributed by atoms with Crippen molar-refractivity contribution in [1.82, 2.24) is 19.5 Å². The molecule has 390 valence electrons. The van der Waals surface area contributed by atoms with E-state index in [4.69, 9.17) is 20.9 Å². The van der Waals surface area contributed by atoms with E-state index in [0.717, 1.165) is 56.9 Å². The molecule has 3 rings (SSSR count). The second-order valence-corrected chi connectivity index (χ2v) is 20.1. The van der Waals surface area contributed by atoms with Crippen molar-refractivity contribution in [3.8, 4) is 6.01 Å². The maximum atomic E-state index is 13.2. The van der Waals surface area contributed by atoms with E-state index >= 15 is 0 Å². The van der Waals surface area contributed by atoms with Crippen LogP contribution >= 0.6 is 11.8 Å². The van der Waals surface area contributed by atoms with Gasteiger partial charge in [0.2, 0.25) is 11.9 Å². The third-order valence-corrected chi connectivity index (χ3v) is 13.8. The molecule has 0 saturated heterocycles. The number of thioether (sulfide) groups is 1. The number of aromatic hydroxyl groups is 1. The third kappa shape index (κ3) is 26.6. The number of anilines is 3. The first kappa shape index (κ1) is 59.2. The lowest BCUT2D eigenvalue weighted by atomic mass is 10.0. The first-order valence-electron chi connectivity index (χ1n) is 27.2. The molecule has 0 spiro atoms. The normalized spacial score (nSPS) is 12.3. The summed E-state index contributed by atoms with van der Waals surface area (Å²) in [5.41, 5.74) is 14.6. The summed E-state index contributed by atoms with van der Waals surface area (Å²) in [5.74, 6) is 0.240. The minimum atomic E-state index is -0.838. The summed E-state index contributed by atoms with van der Waals surface area (Å²) < 4.78 is 13.1. The van der Waals surface area contributed by atoms with Crippen molar-refractivity contribution < 1.29 is 29.0 Å². The van der Waals surface area contributed by atoms with Crippen molar-refractivity contribution in [3.05, 3.63) is 29.8 Å². The predicted octanol–water partition coefficient (Wildman–Crippen LogP) is 12.8. The summed E-state index contributed by atoms with van der Waals surface area (Å²) in [4.78, 5) is 51.9. The zero-order chi connectivity index (χ0) is 49.7. The fourth-order valence-corrected chi connectivity index (χ4v) is 9.29. The largest absolute Gasteiger partial charge is 0.480 e. The predicted molar refractivity (Wildman–Crippen MR) is 286 cm³/mol. The number of nitrogens with one attached hydrogen (secondary N) is 2. The number of ether oxygens (including phenoxy) is 2. The molecule has 14 nitrogen and oxygen atoms in total. The number of benzene rings is 1. The monoisotopic (exact) mass is 981 g/mol. The Morgan fingerprint density at radius 1 is 0.652 bits per heavy atom. The molecule has 0 fully saturated rings. The molecule has 0 aliphatic rings. The van der Waals surface area contributed by atoms with Gasteiger partial charge in [-0.25, -0.2) is 0 Å². The van der Waals surface area contributed by atoms with Gasteiger partial charge in [-0.3, -0.25) is 19.0 Å². The zero-order valence-electron chi connectivity index (χ0n) is 43.1. The van der Waals surface area contributed by atoms with E-state index in [0.29, 0.717) is 47.9 Å². The molecule has 2 atom stereocenters. The van der Waals surface area contributed by atoms with Crippen LogP contribution in [-0.2, 0) is 30.4 Å². The molecule has 0 saturated carbocycles. The molecular formula is C54H92N8O6S. The van der Waals surface area contributed by atoms with E-state index in [9.17, 15) is 19.5 Å². The van der Waals surface area contributed by atoms with Crippen LogP contribution in [0, 0.1) is 0 Å². The van der Waals surface area contributed by atoms with E-state index in [2.05, 4.69) is 46.4 Å². The summed E-state index contributed by atoms with van der Waals surface area (Å²) in [6.45, 7) is 7.55. The molecule has 3 aromatic rings. The highest BCUT2D eigenvalue weighted by Gasteiger charge is 2.21. The molecule has 2 aromatic heterocycles. The molecule has 0 bridgehead atoms. The molecule has 69 heavy (non-hydrogen) atoms. The second kappa shape index (κ2) is 37.7. The summed E-state index contributed by atoms with van der Waals surface area (Å²) in [6.07, 6.45) is 34.1. The molecule has 15 heteroatoms. The standard InChI is InChI=1S/C54H92N8O6S/c1-4-7-10-12-14-16-18-20-22-24-26-28-30-32-47(63)67-40-45(68-48(64)33-31-29-27-25-23-21-19-17-15-13-11-8-5-2)41-69-42-46(55)52(65)58-44-36-34-43(35-37-44)39-62-51-49(59-54(62)66)50(56)60-53(61-51)57-38-9-6-3/h34-37,45-46H,4-33,38-42,55H2,1-3H3,(H,58,65)(H,59,66)(H3,56,57,60,61)/t45-,46+/m1/s1. The number of carbonyl (C=O) groups excluding carboxylic acids is 3. The second-order valence-electron chi connectivity index (χ2n) is 19.0. The molecule has 7 N–H and O–H groups in total. The number of esters is 2. The van der Waals surface area contributed by atoms with Crippen LogP contribution in [0.15, 0.2) is 24.3 Å². The van der Waals surface area contributed by atoms with Gasteiger partial charge in [0.1, 0.15) is 12.7 Å². The lowest BCUT2D eigenvalue weighted by Gasteiger charge is -2.19. The summed E-state index contributed by atoms with van der Waals surface area (Å²) in [7, 11) is 0. The van der Waals surface area contributed by atoms with Crippen LogP contribution in [0.2, 0.25) is 0 Å². The lowest BCUT2D eigenvalue weighted by Crippen LogP contribution is -2.38. The van der Waals surface area contributed by atoms with Crippen LogP contribution in [0.1, 0.15) is 219 Å². The number of hydrogen-bond acceptors (Lipinski definition) is 13. The van der Waals surface area contributed by atoms with Gasteiger partial charge in [0.05, 0.1) is 12.6 Å². The number of unbranched alkanes of at least 4 members (excludes halogenated alkanes) is 25. The molecule has 0 radical (unpaired) electrons. The van der Waals surface area contributed by atoms with Crippen molar-refractivity contribution in [2.75, 3.05) is 41.0 Å². The Kier molecular flexibility index (Phi) is 32.3. The van der Waals surface area contributed by atoms with Gasteiger partial charge in [-0.1, -0.05) is 193 Å². The Labute approximate surface area is 419 Å². The average molecular weight is 981 g/mol. The Morgan fingerprint density at radius 3 is 1.67 bits per heavy atom. The maximum absolute atomic E-state index is 13.2. The highest BCUT2D eigenvalue weighted by molar-refractivity contribution is 7.99. The minimum Gasteiger partial charge on any atom is -0.480 e. The zero-order valence-corrected chi connectivity index (χ0v) is 43.9. The fraction of sp³-hybridized carbons (Fsp3) is 0.741. The van der Waals surface area contributed by atoms with Crippen LogP contribution in [-0.4, -0.2) is 79.3 Å². The maximum Gasteiger partial charge on any atom is 0.306 e. The van der Waals surface area contributed by atoms with Crippen molar-refractivity contribution in [2.24, 2.45) is 5.73 Å². The molecular weight excluding hydrogens is 889 g/mol. The molecule has 0 aliphatic heterocycles. The number of fused-ring (bicyclic) bond motifs is 1. The molecule has 0 aliphatic carbocycles. The topological polar surface area (TPSA) is 210 Å². The SMILES string of the molecule is CCCCCCCCCCCCCCCC(=O)OC[C@H](CSC[C@H](N)C(=O)Nc1ccc(Cn2c(O)nc3c(N)nc(NCCCC)nc32)cc1)OC(=O)CCCCCCCCCCCCCCC. The third-order valence-electron chi connectivity index (χ3n) is 12.6. The van der Waals surface area contributed by atoms with Gasteiger partial charge >= 0.3 is 11.9 Å². The first-order valence-corrected chi connectivity index (χ1v) is 28.3. The van der Waals surface area contributed by atoms with Gasteiger partial charge in [-0.05, 0) is 37.0 Å². The number of hydrogen-bond donors (Lipinski definition) is 5. The van der Waals surface area contributed by atoms with E-state index in [-0.39, 0.29) is 48.6 Å². The van der Waals surface area contributed by atoms with Gasteiger partial charge in [-0.15, -0.1) is 0 Å². The Bertz CT molecular complexity index is 1830. The molecule has 1 amide bonds. The minimum absolute atomic E-state index is 0.0214. The van der Waals surface area contributed by atoms with Gasteiger partial charge in [-0.2, -0.15) is 26.7 Å². The number of nitrogen functional groups attached to an aromatic ring is 1. The summed E-state index contributed by atoms with van der Waals surface area (Å²) in [6, 6.07) is 6.14. The van der Waals surface area contributed by atoms with Crippen molar-refractivity contribution in [3.63, 3.8) is 0 Å². The van der Waals surface area contributed by atoms with Gasteiger partial charge in [0, 0.05) is 36.6 Å². The van der Waals surface area contributed by atoms with Crippen molar-refractivity contribution in [2.45, 2.75) is 232 Å². The molecule has 0 unspecified atom stereocenters. The summed E-state index contributed by atoms with van der Waals surface area (Å²) in [5, 5.41) is 16.7.